The fourth-order valence-electron chi connectivity index (χ4n) is 0.935. The SMILES string of the molecule is CCCCOCCS(=O)(=O)NC(C)C. The molecule has 5 heteroatoms. The van der Waals surface area contributed by atoms with E-state index in [1.807, 2.05) is 0 Å². The molecule has 0 atom stereocenters. The van der Waals surface area contributed by atoms with Crippen LogP contribution in [0.2, 0.25) is 0 Å². The molecule has 4 nitrogen and oxygen atoms in total. The zero-order valence-corrected chi connectivity index (χ0v) is 10.1. The molecule has 0 radical (unpaired) electrons. The lowest BCUT2D eigenvalue weighted by Crippen LogP contribution is -2.33. The van der Waals surface area contributed by atoms with E-state index in [4.69, 9.17) is 4.74 Å². The molecule has 0 saturated carbocycles. The third kappa shape index (κ3) is 8.47. The van der Waals surface area contributed by atoms with Crippen LogP contribution >= 0.6 is 0 Å². The van der Waals surface area contributed by atoms with E-state index in [1.165, 1.54) is 0 Å². The molecule has 0 aliphatic carbocycles. The van der Waals surface area contributed by atoms with E-state index in [2.05, 4.69) is 11.6 Å². The molecule has 0 spiro atoms. The van der Waals surface area contributed by atoms with E-state index in [-0.39, 0.29) is 18.4 Å². The normalized spacial score (nSPS) is 12.3. The van der Waals surface area contributed by atoms with Gasteiger partial charge in [-0.2, -0.15) is 0 Å². The van der Waals surface area contributed by atoms with Gasteiger partial charge in [0.05, 0.1) is 12.4 Å². The highest BCUT2D eigenvalue weighted by molar-refractivity contribution is 7.89. The van der Waals surface area contributed by atoms with Crippen molar-refractivity contribution in [2.24, 2.45) is 0 Å². The number of hydrogen-bond donors (Lipinski definition) is 1. The molecule has 0 rings (SSSR count). The number of hydrogen-bond acceptors (Lipinski definition) is 3. The monoisotopic (exact) mass is 223 g/mol. The van der Waals surface area contributed by atoms with Crippen LogP contribution in [-0.4, -0.2) is 33.4 Å². The third-order valence-corrected chi connectivity index (χ3v) is 3.09. The minimum atomic E-state index is -3.14. The van der Waals surface area contributed by atoms with Crippen molar-refractivity contribution >= 4 is 10.0 Å². The van der Waals surface area contributed by atoms with Crippen LogP contribution in [-0.2, 0) is 14.8 Å². The molecule has 0 heterocycles. The van der Waals surface area contributed by atoms with Gasteiger partial charge in [0.2, 0.25) is 10.0 Å². The van der Waals surface area contributed by atoms with Gasteiger partial charge in [0.15, 0.2) is 0 Å². The topological polar surface area (TPSA) is 55.4 Å². The van der Waals surface area contributed by atoms with Crippen molar-refractivity contribution in [3.05, 3.63) is 0 Å². The second-order valence-electron chi connectivity index (χ2n) is 3.56. The molecular weight excluding hydrogens is 202 g/mol. The number of sulfonamides is 1. The molecule has 0 unspecified atom stereocenters. The van der Waals surface area contributed by atoms with E-state index in [1.54, 1.807) is 13.8 Å². The standard InChI is InChI=1S/C9H21NO3S/c1-4-5-6-13-7-8-14(11,12)10-9(2)3/h9-10H,4-8H2,1-3H3. The minimum absolute atomic E-state index is 0.0457. The van der Waals surface area contributed by atoms with Gasteiger partial charge in [-0.25, -0.2) is 13.1 Å². The first-order valence-electron chi connectivity index (χ1n) is 5.05. The summed E-state index contributed by atoms with van der Waals surface area (Å²) in [7, 11) is -3.14. The summed E-state index contributed by atoms with van der Waals surface area (Å²) in [5.74, 6) is 0.0505. The molecule has 0 aliphatic rings. The Hall–Kier alpha value is -0.130. The van der Waals surface area contributed by atoms with Gasteiger partial charge in [-0.1, -0.05) is 13.3 Å². The van der Waals surface area contributed by atoms with Crippen molar-refractivity contribution in [1.82, 2.24) is 4.72 Å². The second kappa shape index (κ2) is 7.20. The van der Waals surface area contributed by atoms with E-state index >= 15 is 0 Å². The zero-order chi connectivity index (χ0) is 11.0. The lowest BCUT2D eigenvalue weighted by atomic mass is 10.4. The first-order valence-corrected chi connectivity index (χ1v) is 6.71. The summed E-state index contributed by atoms with van der Waals surface area (Å²) in [6.45, 7) is 6.60. The van der Waals surface area contributed by atoms with Crippen molar-refractivity contribution in [3.63, 3.8) is 0 Å². The Morgan fingerprint density at radius 3 is 2.43 bits per heavy atom. The van der Waals surface area contributed by atoms with E-state index in [0.29, 0.717) is 6.61 Å². The first-order chi connectivity index (χ1) is 6.48. The van der Waals surface area contributed by atoms with Gasteiger partial charge in [-0.15, -0.1) is 0 Å². The summed E-state index contributed by atoms with van der Waals surface area (Å²) in [5.41, 5.74) is 0. The fourth-order valence-corrected chi connectivity index (χ4v) is 2.11. The van der Waals surface area contributed by atoms with Gasteiger partial charge < -0.3 is 4.74 Å². The van der Waals surface area contributed by atoms with Crippen LogP contribution in [0.15, 0.2) is 0 Å². The molecule has 0 aromatic carbocycles. The number of ether oxygens (including phenoxy) is 1. The number of nitrogens with one attached hydrogen (secondary N) is 1. The summed E-state index contributed by atoms with van der Waals surface area (Å²) in [4.78, 5) is 0. The van der Waals surface area contributed by atoms with Crippen LogP contribution in [0.1, 0.15) is 33.6 Å². The Morgan fingerprint density at radius 2 is 1.93 bits per heavy atom. The maximum absolute atomic E-state index is 11.3. The first kappa shape index (κ1) is 13.9. The average molecular weight is 223 g/mol. The van der Waals surface area contributed by atoms with Crippen LogP contribution in [0.4, 0.5) is 0 Å². The zero-order valence-electron chi connectivity index (χ0n) is 9.25. The minimum Gasteiger partial charge on any atom is -0.380 e. The quantitative estimate of drug-likeness (QED) is 0.628. The van der Waals surface area contributed by atoms with E-state index < -0.39 is 10.0 Å². The highest BCUT2D eigenvalue weighted by Crippen LogP contribution is 1.91. The predicted octanol–water partition coefficient (Wildman–Crippen LogP) is 1.13. The Balaban J connectivity index is 3.56. The summed E-state index contributed by atoms with van der Waals surface area (Å²) in [6, 6.07) is -0.0457. The van der Waals surface area contributed by atoms with Gasteiger partial charge >= 0.3 is 0 Å². The molecule has 14 heavy (non-hydrogen) atoms. The maximum atomic E-state index is 11.3. The van der Waals surface area contributed by atoms with Gasteiger partial charge in [0.25, 0.3) is 0 Å². The Kier molecular flexibility index (Phi) is 7.13. The van der Waals surface area contributed by atoms with Crippen molar-refractivity contribution in [1.29, 1.82) is 0 Å². The summed E-state index contributed by atoms with van der Waals surface area (Å²) in [5, 5.41) is 0. The van der Waals surface area contributed by atoms with Gasteiger partial charge in [0, 0.05) is 12.6 Å². The van der Waals surface area contributed by atoms with Gasteiger partial charge in [-0.3, -0.25) is 0 Å². The van der Waals surface area contributed by atoms with Crippen LogP contribution in [0, 0.1) is 0 Å². The Bertz CT molecular complexity index is 224. The number of rotatable bonds is 8. The van der Waals surface area contributed by atoms with Crippen LogP contribution < -0.4 is 4.72 Å². The summed E-state index contributed by atoms with van der Waals surface area (Å²) < 4.78 is 30.2. The van der Waals surface area contributed by atoms with Crippen molar-refractivity contribution in [3.8, 4) is 0 Å². The predicted molar refractivity (Wildman–Crippen MR) is 57.8 cm³/mol. The molecule has 0 fully saturated rings. The highest BCUT2D eigenvalue weighted by Gasteiger charge is 2.10. The largest absolute Gasteiger partial charge is 0.380 e. The Morgan fingerprint density at radius 1 is 1.29 bits per heavy atom. The van der Waals surface area contributed by atoms with Crippen molar-refractivity contribution in [2.75, 3.05) is 19.0 Å². The lowest BCUT2D eigenvalue weighted by molar-refractivity contribution is 0.145. The Labute approximate surface area is 87.1 Å². The maximum Gasteiger partial charge on any atom is 0.214 e. The highest BCUT2D eigenvalue weighted by atomic mass is 32.2. The molecule has 0 aromatic heterocycles. The molecule has 0 aromatic rings. The van der Waals surface area contributed by atoms with Crippen LogP contribution in [0.25, 0.3) is 0 Å². The van der Waals surface area contributed by atoms with E-state index in [9.17, 15) is 8.42 Å². The van der Waals surface area contributed by atoms with Crippen LogP contribution in [0.3, 0.4) is 0 Å². The smallest absolute Gasteiger partial charge is 0.214 e. The van der Waals surface area contributed by atoms with Crippen molar-refractivity contribution < 1.29 is 13.2 Å². The average Bonchev–Trinajstić information content (AvgIpc) is 2.01. The lowest BCUT2D eigenvalue weighted by Gasteiger charge is -2.09. The fraction of sp³-hybridized carbons (Fsp3) is 1.00. The van der Waals surface area contributed by atoms with Gasteiger partial charge in [-0.05, 0) is 20.3 Å². The van der Waals surface area contributed by atoms with Crippen molar-refractivity contribution in [2.45, 2.75) is 39.7 Å². The molecule has 0 bridgehead atoms. The number of unbranched alkanes of at least 4 members (excludes halogenated alkanes) is 1. The van der Waals surface area contributed by atoms with Gasteiger partial charge in [0.1, 0.15) is 0 Å². The third-order valence-electron chi connectivity index (χ3n) is 1.55. The molecule has 1 N–H and O–H groups in total. The molecule has 0 aliphatic heterocycles. The molecule has 86 valence electrons. The second-order valence-corrected chi connectivity index (χ2v) is 5.43. The van der Waals surface area contributed by atoms with Crippen LogP contribution in [0.5, 0.6) is 0 Å². The molecule has 0 amide bonds. The summed E-state index contributed by atoms with van der Waals surface area (Å²) >= 11 is 0. The molecular formula is C9H21NO3S. The van der Waals surface area contributed by atoms with E-state index in [0.717, 1.165) is 12.8 Å². The molecule has 0 saturated heterocycles. The summed E-state index contributed by atoms with van der Waals surface area (Å²) in [6.07, 6.45) is 2.05.